The van der Waals surface area contributed by atoms with Crippen LogP contribution in [0.15, 0.2) is 17.8 Å². The van der Waals surface area contributed by atoms with E-state index in [-0.39, 0.29) is 0 Å². The van der Waals surface area contributed by atoms with Crippen LogP contribution in [0.2, 0.25) is 0 Å². The highest BCUT2D eigenvalue weighted by Gasteiger charge is 1.98. The van der Waals surface area contributed by atoms with Crippen LogP contribution >= 0.6 is 0 Å². The van der Waals surface area contributed by atoms with E-state index in [0.717, 1.165) is 5.84 Å². The molecule has 0 aromatic carbocycles. The van der Waals surface area contributed by atoms with Crippen molar-refractivity contribution < 1.29 is 0 Å². The van der Waals surface area contributed by atoms with Gasteiger partial charge in [0.2, 0.25) is 0 Å². The van der Waals surface area contributed by atoms with Crippen LogP contribution in [0.5, 0.6) is 0 Å². The van der Waals surface area contributed by atoms with E-state index < -0.39 is 0 Å². The summed E-state index contributed by atoms with van der Waals surface area (Å²) in [5.74, 6) is 1.43. The van der Waals surface area contributed by atoms with Crippen molar-refractivity contribution in [2.45, 2.75) is 13.8 Å². The molecule has 9 heavy (non-hydrogen) atoms. The zero-order valence-electron chi connectivity index (χ0n) is 6.31. The van der Waals surface area contributed by atoms with Gasteiger partial charge in [-0.25, -0.2) is 4.99 Å². The molecule has 0 spiro atoms. The average Bonchev–Trinajstić information content (AvgIpc) is 1.82. The summed E-state index contributed by atoms with van der Waals surface area (Å²) in [6.07, 6.45) is 1.55. The van der Waals surface area contributed by atoms with E-state index >= 15 is 0 Å². The van der Waals surface area contributed by atoms with Gasteiger partial charge in [0.05, 0.1) is 0 Å². The summed E-state index contributed by atoms with van der Waals surface area (Å²) in [6.45, 7) is 7.67. The van der Waals surface area contributed by atoms with Gasteiger partial charge in [-0.15, -0.1) is 0 Å². The van der Waals surface area contributed by atoms with Gasteiger partial charge < -0.3 is 5.32 Å². The van der Waals surface area contributed by atoms with Crippen molar-refractivity contribution in [2.75, 3.05) is 7.05 Å². The smallest absolute Gasteiger partial charge is 0.104 e. The van der Waals surface area contributed by atoms with Gasteiger partial charge in [0.25, 0.3) is 0 Å². The SMILES string of the molecule is C=C/N=C(\NC)C(C)C. The zero-order valence-corrected chi connectivity index (χ0v) is 6.31. The van der Waals surface area contributed by atoms with E-state index in [2.05, 4.69) is 30.7 Å². The molecule has 0 aliphatic carbocycles. The Balaban J connectivity index is 3.96. The van der Waals surface area contributed by atoms with Crippen LogP contribution in [-0.4, -0.2) is 12.9 Å². The molecule has 0 amide bonds. The predicted octanol–water partition coefficient (Wildman–Crippen LogP) is 1.40. The molecule has 0 radical (unpaired) electrons. The predicted molar refractivity (Wildman–Crippen MR) is 41.5 cm³/mol. The monoisotopic (exact) mass is 126 g/mol. The van der Waals surface area contributed by atoms with E-state index in [9.17, 15) is 0 Å². The van der Waals surface area contributed by atoms with Crippen LogP contribution < -0.4 is 5.32 Å². The van der Waals surface area contributed by atoms with Crippen molar-refractivity contribution in [2.24, 2.45) is 10.9 Å². The fourth-order valence-corrected chi connectivity index (χ4v) is 0.601. The summed E-state index contributed by atoms with van der Waals surface area (Å²) in [5.41, 5.74) is 0. The minimum Gasteiger partial charge on any atom is -0.376 e. The second-order valence-corrected chi connectivity index (χ2v) is 2.10. The molecule has 0 aliphatic rings. The Morgan fingerprint density at radius 1 is 1.67 bits per heavy atom. The van der Waals surface area contributed by atoms with Crippen LogP contribution in [-0.2, 0) is 0 Å². The molecule has 0 aromatic rings. The molecule has 52 valence electrons. The number of nitrogens with zero attached hydrogens (tertiary/aromatic N) is 1. The van der Waals surface area contributed by atoms with Crippen molar-refractivity contribution in [3.8, 4) is 0 Å². The van der Waals surface area contributed by atoms with Gasteiger partial charge >= 0.3 is 0 Å². The molecule has 2 heteroatoms. The maximum absolute atomic E-state index is 4.01. The molecule has 2 nitrogen and oxygen atoms in total. The van der Waals surface area contributed by atoms with Crippen LogP contribution in [0, 0.1) is 5.92 Å². The summed E-state index contributed by atoms with van der Waals surface area (Å²) in [7, 11) is 1.86. The summed E-state index contributed by atoms with van der Waals surface area (Å²) in [6, 6.07) is 0. The number of nitrogens with one attached hydrogen (secondary N) is 1. The van der Waals surface area contributed by atoms with Gasteiger partial charge in [-0.3, -0.25) is 0 Å². The fourth-order valence-electron chi connectivity index (χ4n) is 0.601. The first-order valence-electron chi connectivity index (χ1n) is 3.08. The van der Waals surface area contributed by atoms with Gasteiger partial charge in [0.1, 0.15) is 5.84 Å². The van der Waals surface area contributed by atoms with Gasteiger partial charge in [0, 0.05) is 19.2 Å². The zero-order chi connectivity index (χ0) is 7.28. The average molecular weight is 126 g/mol. The molecule has 0 aliphatic heterocycles. The Kier molecular flexibility index (Phi) is 3.76. The topological polar surface area (TPSA) is 24.4 Å². The van der Waals surface area contributed by atoms with Crippen LogP contribution in [0.1, 0.15) is 13.8 Å². The fraction of sp³-hybridized carbons (Fsp3) is 0.571. The molecule has 0 aromatic heterocycles. The highest BCUT2D eigenvalue weighted by molar-refractivity contribution is 5.84. The second-order valence-electron chi connectivity index (χ2n) is 2.10. The van der Waals surface area contributed by atoms with E-state index in [1.807, 2.05) is 7.05 Å². The van der Waals surface area contributed by atoms with Gasteiger partial charge in [-0.1, -0.05) is 20.4 Å². The lowest BCUT2D eigenvalue weighted by molar-refractivity contribution is 0.837. The van der Waals surface area contributed by atoms with Crippen LogP contribution in [0.3, 0.4) is 0 Å². The van der Waals surface area contributed by atoms with Gasteiger partial charge in [-0.2, -0.15) is 0 Å². The highest BCUT2D eigenvalue weighted by atomic mass is 15.0. The Labute approximate surface area is 56.7 Å². The molecule has 1 N–H and O–H groups in total. The first-order valence-corrected chi connectivity index (χ1v) is 3.08. The number of hydrogen-bond donors (Lipinski definition) is 1. The molecular weight excluding hydrogens is 112 g/mol. The molecule has 0 saturated heterocycles. The minimum atomic E-state index is 0.452. The summed E-state index contributed by atoms with van der Waals surface area (Å²) in [4.78, 5) is 4.01. The summed E-state index contributed by atoms with van der Waals surface area (Å²) >= 11 is 0. The summed E-state index contributed by atoms with van der Waals surface area (Å²) < 4.78 is 0. The van der Waals surface area contributed by atoms with E-state index in [4.69, 9.17) is 0 Å². The molecule has 0 unspecified atom stereocenters. The van der Waals surface area contributed by atoms with Crippen LogP contribution in [0.4, 0.5) is 0 Å². The minimum absolute atomic E-state index is 0.452. The largest absolute Gasteiger partial charge is 0.376 e. The van der Waals surface area contributed by atoms with Gasteiger partial charge in [-0.05, 0) is 0 Å². The molecule has 0 fully saturated rings. The maximum atomic E-state index is 4.01. The highest BCUT2D eigenvalue weighted by Crippen LogP contribution is 1.92. The van der Waals surface area contributed by atoms with E-state index in [1.165, 1.54) is 0 Å². The Hall–Kier alpha value is -0.790. The Morgan fingerprint density at radius 2 is 2.22 bits per heavy atom. The molecular formula is C7H14N2. The van der Waals surface area contributed by atoms with Crippen LogP contribution in [0.25, 0.3) is 0 Å². The quantitative estimate of drug-likeness (QED) is 0.439. The molecule has 0 heterocycles. The number of amidine groups is 1. The second kappa shape index (κ2) is 4.13. The maximum Gasteiger partial charge on any atom is 0.104 e. The third-order valence-electron chi connectivity index (χ3n) is 1.03. The summed E-state index contributed by atoms with van der Waals surface area (Å²) in [5, 5.41) is 2.98. The lowest BCUT2D eigenvalue weighted by Crippen LogP contribution is -2.23. The van der Waals surface area contributed by atoms with E-state index in [0.29, 0.717) is 5.92 Å². The van der Waals surface area contributed by atoms with Crippen molar-refractivity contribution in [3.05, 3.63) is 12.8 Å². The van der Waals surface area contributed by atoms with Crippen molar-refractivity contribution >= 4 is 5.84 Å². The number of aliphatic imine (C=N–C) groups is 1. The first kappa shape index (κ1) is 8.21. The van der Waals surface area contributed by atoms with E-state index in [1.54, 1.807) is 6.20 Å². The van der Waals surface area contributed by atoms with Gasteiger partial charge in [0.15, 0.2) is 0 Å². The number of hydrogen-bond acceptors (Lipinski definition) is 1. The Morgan fingerprint density at radius 3 is 2.33 bits per heavy atom. The van der Waals surface area contributed by atoms with Crippen molar-refractivity contribution in [1.82, 2.24) is 5.32 Å². The molecule has 0 rings (SSSR count). The standard InChI is InChI=1S/C7H14N2/c1-5-9-7(8-4)6(2)3/h5-6H,1H2,2-4H3,(H,8,9). The third-order valence-corrected chi connectivity index (χ3v) is 1.03. The van der Waals surface area contributed by atoms with Crippen molar-refractivity contribution in [1.29, 1.82) is 0 Å². The Bertz CT molecular complexity index is 114. The number of rotatable bonds is 2. The third kappa shape index (κ3) is 2.90. The molecule has 0 bridgehead atoms. The lowest BCUT2D eigenvalue weighted by Gasteiger charge is -2.06. The first-order chi connectivity index (χ1) is 4.22. The van der Waals surface area contributed by atoms with Crippen molar-refractivity contribution in [3.63, 3.8) is 0 Å². The molecule has 0 saturated carbocycles. The lowest BCUT2D eigenvalue weighted by atomic mass is 10.2. The normalized spacial score (nSPS) is 11.8. The molecule has 0 atom stereocenters.